The zero-order chi connectivity index (χ0) is 22.9. The van der Waals surface area contributed by atoms with Crippen molar-refractivity contribution in [2.45, 2.75) is 6.61 Å². The van der Waals surface area contributed by atoms with E-state index < -0.39 is 17.6 Å². The average Bonchev–Trinajstić information content (AvgIpc) is 2.81. The molecule has 9 heteroatoms. The van der Waals surface area contributed by atoms with Crippen LogP contribution >= 0.6 is 11.6 Å². The van der Waals surface area contributed by atoms with Crippen LogP contribution in [0.2, 0.25) is 5.02 Å². The van der Waals surface area contributed by atoms with Crippen LogP contribution in [-0.4, -0.2) is 25.1 Å². The van der Waals surface area contributed by atoms with Gasteiger partial charge in [0.25, 0.3) is 0 Å². The molecule has 0 aliphatic heterocycles. The molecule has 3 rings (SSSR count). The summed E-state index contributed by atoms with van der Waals surface area (Å²) in [5.74, 6) is -1.58. The van der Waals surface area contributed by atoms with Gasteiger partial charge in [-0.05, 0) is 47.5 Å². The van der Waals surface area contributed by atoms with Gasteiger partial charge in [-0.1, -0.05) is 41.9 Å². The number of ether oxygens (including phenoxy) is 2. The zero-order valence-corrected chi connectivity index (χ0v) is 17.7. The number of nitrogens with one attached hydrogen (secondary N) is 2. The highest BCUT2D eigenvalue weighted by atomic mass is 35.5. The van der Waals surface area contributed by atoms with E-state index in [1.165, 1.54) is 25.5 Å². The lowest BCUT2D eigenvalue weighted by Gasteiger charge is -2.11. The van der Waals surface area contributed by atoms with Gasteiger partial charge >= 0.3 is 11.8 Å². The molecule has 0 saturated heterocycles. The number of rotatable bonds is 7. The lowest BCUT2D eigenvalue weighted by molar-refractivity contribution is -0.136. The summed E-state index contributed by atoms with van der Waals surface area (Å²) in [4.78, 5) is 23.8. The molecule has 0 aliphatic rings. The fraction of sp³-hybridized carbons (Fsp3) is 0.0870. The highest BCUT2D eigenvalue weighted by molar-refractivity contribution is 6.39. The predicted octanol–water partition coefficient (Wildman–Crippen LogP) is 4.16. The van der Waals surface area contributed by atoms with Gasteiger partial charge in [0.2, 0.25) is 0 Å². The standard InChI is InChI=1S/C23H19ClFN3O4/c1-31-21-11-16(7-10-20(21)32-14-15-5-3-2-4-6-15)13-26-28-23(30)22(29)27-17-8-9-19(25)18(24)12-17/h2-13H,14H2,1H3,(H,27,29)(H,28,30)/b26-13+. The van der Waals surface area contributed by atoms with Gasteiger partial charge in [-0.2, -0.15) is 5.10 Å². The lowest BCUT2D eigenvalue weighted by Crippen LogP contribution is -2.32. The van der Waals surface area contributed by atoms with Crippen LogP contribution in [0, 0.1) is 5.82 Å². The minimum absolute atomic E-state index is 0.175. The van der Waals surface area contributed by atoms with Crippen molar-refractivity contribution in [3.8, 4) is 11.5 Å². The molecule has 0 fully saturated rings. The van der Waals surface area contributed by atoms with Crippen LogP contribution in [0.1, 0.15) is 11.1 Å². The molecule has 0 atom stereocenters. The maximum absolute atomic E-state index is 13.2. The summed E-state index contributed by atoms with van der Waals surface area (Å²) >= 11 is 5.65. The third kappa shape index (κ3) is 6.29. The monoisotopic (exact) mass is 455 g/mol. The van der Waals surface area contributed by atoms with Gasteiger partial charge in [-0.15, -0.1) is 0 Å². The van der Waals surface area contributed by atoms with Crippen LogP contribution in [0.4, 0.5) is 10.1 Å². The molecule has 0 aromatic heterocycles. The smallest absolute Gasteiger partial charge is 0.329 e. The average molecular weight is 456 g/mol. The first-order chi connectivity index (χ1) is 15.5. The summed E-state index contributed by atoms with van der Waals surface area (Å²) in [7, 11) is 1.51. The Kier molecular flexibility index (Phi) is 7.77. The minimum Gasteiger partial charge on any atom is -0.493 e. The number of hydrogen-bond donors (Lipinski definition) is 2. The van der Waals surface area contributed by atoms with Crippen molar-refractivity contribution in [1.82, 2.24) is 5.43 Å². The highest BCUT2D eigenvalue weighted by Crippen LogP contribution is 2.28. The van der Waals surface area contributed by atoms with Crippen molar-refractivity contribution >= 4 is 35.3 Å². The second-order valence-corrected chi connectivity index (χ2v) is 6.87. The number of benzene rings is 3. The number of methoxy groups -OCH3 is 1. The molecule has 3 aromatic rings. The van der Waals surface area contributed by atoms with Gasteiger partial charge in [0.05, 0.1) is 18.3 Å². The van der Waals surface area contributed by atoms with Crippen LogP contribution in [0.3, 0.4) is 0 Å². The third-order valence-corrected chi connectivity index (χ3v) is 4.48. The molecule has 2 amide bonds. The van der Waals surface area contributed by atoms with Gasteiger partial charge in [-0.25, -0.2) is 9.82 Å². The minimum atomic E-state index is -1.00. The Labute approximate surface area is 188 Å². The molecule has 2 N–H and O–H groups in total. The molecule has 0 radical (unpaired) electrons. The van der Waals surface area contributed by atoms with Crippen LogP contribution in [0.25, 0.3) is 0 Å². The number of nitrogens with zero attached hydrogens (tertiary/aromatic N) is 1. The normalized spacial score (nSPS) is 10.6. The van der Waals surface area contributed by atoms with E-state index in [-0.39, 0.29) is 10.7 Å². The van der Waals surface area contributed by atoms with E-state index in [4.69, 9.17) is 21.1 Å². The molecule has 7 nitrogen and oxygen atoms in total. The second-order valence-electron chi connectivity index (χ2n) is 6.47. The Hall–Kier alpha value is -3.91. The van der Waals surface area contributed by atoms with Gasteiger partial charge < -0.3 is 14.8 Å². The molecular formula is C23H19ClFN3O4. The van der Waals surface area contributed by atoms with Gasteiger partial charge in [0.1, 0.15) is 12.4 Å². The van der Waals surface area contributed by atoms with Gasteiger partial charge in [-0.3, -0.25) is 9.59 Å². The molecule has 0 unspecified atom stereocenters. The maximum atomic E-state index is 13.2. The number of carbonyl (C=O) groups excluding carboxylic acids is 2. The molecule has 164 valence electrons. The largest absolute Gasteiger partial charge is 0.493 e. The maximum Gasteiger partial charge on any atom is 0.329 e. The molecule has 32 heavy (non-hydrogen) atoms. The van der Waals surface area contributed by atoms with E-state index in [1.807, 2.05) is 30.3 Å². The summed E-state index contributed by atoms with van der Waals surface area (Å²) < 4.78 is 24.3. The van der Waals surface area contributed by atoms with Crippen LogP contribution in [-0.2, 0) is 16.2 Å². The summed E-state index contributed by atoms with van der Waals surface area (Å²) in [6, 6.07) is 18.4. The Morgan fingerprint density at radius 1 is 1.03 bits per heavy atom. The number of carbonyl (C=O) groups is 2. The van der Waals surface area contributed by atoms with Crippen molar-refractivity contribution in [2.75, 3.05) is 12.4 Å². The number of hydrogen-bond acceptors (Lipinski definition) is 5. The fourth-order valence-corrected chi connectivity index (χ4v) is 2.78. The highest BCUT2D eigenvalue weighted by Gasteiger charge is 2.14. The van der Waals surface area contributed by atoms with Gasteiger partial charge in [0.15, 0.2) is 11.5 Å². The predicted molar refractivity (Wildman–Crippen MR) is 120 cm³/mol. The van der Waals surface area contributed by atoms with Crippen molar-refractivity contribution < 1.29 is 23.5 Å². The van der Waals surface area contributed by atoms with Crippen LogP contribution in [0.5, 0.6) is 11.5 Å². The number of anilines is 1. The SMILES string of the molecule is COc1cc(/C=N/NC(=O)C(=O)Nc2ccc(F)c(Cl)c2)ccc1OCc1ccccc1. The van der Waals surface area contributed by atoms with Crippen molar-refractivity contribution in [1.29, 1.82) is 0 Å². The number of hydrazone groups is 1. The van der Waals surface area contributed by atoms with E-state index in [0.29, 0.717) is 23.7 Å². The molecule has 0 spiro atoms. The third-order valence-electron chi connectivity index (χ3n) is 4.19. The van der Waals surface area contributed by atoms with E-state index >= 15 is 0 Å². The second kappa shape index (κ2) is 10.9. The van der Waals surface area contributed by atoms with Crippen LogP contribution < -0.4 is 20.2 Å². The summed E-state index contributed by atoms with van der Waals surface area (Å²) in [5, 5.41) is 5.89. The molecule has 0 aliphatic carbocycles. The quantitative estimate of drug-likeness (QED) is 0.318. The Balaban J connectivity index is 1.56. The van der Waals surface area contributed by atoms with Crippen molar-refractivity contribution in [2.24, 2.45) is 5.10 Å². The zero-order valence-electron chi connectivity index (χ0n) is 17.0. The summed E-state index contributed by atoms with van der Waals surface area (Å²) in [6.45, 7) is 0.384. The van der Waals surface area contributed by atoms with E-state index in [0.717, 1.165) is 11.6 Å². The first-order valence-electron chi connectivity index (χ1n) is 9.40. The first kappa shape index (κ1) is 22.8. The fourth-order valence-electron chi connectivity index (χ4n) is 2.60. The number of amides is 2. The van der Waals surface area contributed by atoms with E-state index in [9.17, 15) is 14.0 Å². The molecule has 0 heterocycles. The molecule has 3 aromatic carbocycles. The molecule has 0 bridgehead atoms. The lowest BCUT2D eigenvalue weighted by atomic mass is 10.2. The van der Waals surface area contributed by atoms with E-state index in [2.05, 4.69) is 15.8 Å². The summed E-state index contributed by atoms with van der Waals surface area (Å²) in [5.41, 5.74) is 3.92. The van der Waals surface area contributed by atoms with E-state index in [1.54, 1.807) is 18.2 Å². The van der Waals surface area contributed by atoms with Gasteiger partial charge in [0, 0.05) is 5.69 Å². The van der Waals surface area contributed by atoms with Crippen molar-refractivity contribution in [3.05, 3.63) is 88.7 Å². The Morgan fingerprint density at radius 3 is 2.53 bits per heavy atom. The first-order valence-corrected chi connectivity index (χ1v) is 9.78. The summed E-state index contributed by atoms with van der Waals surface area (Å²) in [6.07, 6.45) is 1.35. The Morgan fingerprint density at radius 2 is 1.81 bits per heavy atom. The molecular weight excluding hydrogens is 437 g/mol. The number of halogens is 2. The van der Waals surface area contributed by atoms with Crippen molar-refractivity contribution in [3.63, 3.8) is 0 Å². The molecule has 0 saturated carbocycles. The topological polar surface area (TPSA) is 89.0 Å². The Bertz CT molecular complexity index is 1140. The van der Waals surface area contributed by atoms with Crippen LogP contribution in [0.15, 0.2) is 71.8 Å².